The second kappa shape index (κ2) is 11.0. The van der Waals surface area contributed by atoms with Crippen molar-refractivity contribution in [3.8, 4) is 34.0 Å². The van der Waals surface area contributed by atoms with Gasteiger partial charge >= 0.3 is 22.4 Å². The Bertz CT molecular complexity index is 1870. The van der Waals surface area contributed by atoms with Crippen molar-refractivity contribution >= 4 is 50.7 Å². The minimum absolute atomic E-state index is 0.00165. The fourth-order valence-electron chi connectivity index (χ4n) is 4.37. The van der Waals surface area contributed by atoms with Crippen LogP contribution in [0.1, 0.15) is 23.5 Å². The summed E-state index contributed by atoms with van der Waals surface area (Å²) >= 11 is 0. The Kier molecular flexibility index (Phi) is 7.64. The maximum atomic E-state index is 12.3. The minimum Gasteiger partial charge on any atom is -0.507 e. The van der Waals surface area contributed by atoms with Crippen LogP contribution >= 0.6 is 0 Å². The summed E-state index contributed by atoms with van der Waals surface area (Å²) in [4.78, 5) is 33.0. The molecule has 1 atom stereocenters. The molecule has 0 bridgehead atoms. The molecule has 0 aliphatic carbocycles. The van der Waals surface area contributed by atoms with E-state index in [0.29, 0.717) is 22.3 Å². The van der Waals surface area contributed by atoms with Gasteiger partial charge < -0.3 is 36.0 Å². The number of phenolic OH excluding ortho intramolecular Hbond substituents is 2. The zero-order valence-corrected chi connectivity index (χ0v) is 22.4. The first-order valence-corrected chi connectivity index (χ1v) is 12.8. The van der Waals surface area contributed by atoms with Gasteiger partial charge in [0, 0.05) is 30.9 Å². The molecule has 0 saturated carbocycles. The molecule has 1 aromatic heterocycles. The van der Waals surface area contributed by atoms with E-state index >= 15 is 0 Å². The molecular weight excluding hydrogens is 556 g/mol. The third kappa shape index (κ3) is 5.65. The van der Waals surface area contributed by atoms with Crippen LogP contribution in [0.4, 0.5) is 11.4 Å². The number of nitrogens with zero attached hydrogens (tertiary/aromatic N) is 3. The number of aromatic nitrogens is 2. The molecule has 4 rings (SSSR count). The van der Waals surface area contributed by atoms with E-state index in [1.807, 2.05) is 0 Å². The quantitative estimate of drug-likeness (QED) is 0.112. The maximum Gasteiger partial charge on any atom is 0.316 e. The van der Waals surface area contributed by atoms with Crippen LogP contribution in [0.25, 0.3) is 33.5 Å². The van der Waals surface area contributed by atoms with Crippen LogP contribution in [0.5, 0.6) is 11.5 Å². The van der Waals surface area contributed by atoms with E-state index in [2.05, 4.69) is 14.3 Å². The molecule has 15 heteroatoms. The number of phenols is 2. The standard InChI is InChI=1S/C26H24N6O8S/c1-32(2)12-4-6-19(33)15(8-12)21-22(31-41(39)40)13(14(26(37)38)10-20(34)35)9-16(23(21)36)25-29-17-5-3-11(24(27)28)7-18(17)30-25/h3-9,14,33,36H,10H2,1-2H3,(H3,27,28)(H,29,30)(H,34,35)(H,37,38). The summed E-state index contributed by atoms with van der Waals surface area (Å²) in [7, 11) is 0.226. The molecule has 1 unspecified atom stereocenters. The second-order valence-electron chi connectivity index (χ2n) is 9.21. The van der Waals surface area contributed by atoms with Crippen LogP contribution in [-0.4, -0.2) is 70.7 Å². The maximum absolute atomic E-state index is 12.3. The first kappa shape index (κ1) is 28.6. The lowest BCUT2D eigenvalue weighted by atomic mass is 9.87. The number of rotatable bonds is 9. The van der Waals surface area contributed by atoms with Gasteiger partial charge in [-0.15, -0.1) is 4.36 Å². The lowest BCUT2D eigenvalue weighted by Gasteiger charge is -2.21. The monoisotopic (exact) mass is 580 g/mol. The molecule has 4 aromatic rings. The summed E-state index contributed by atoms with van der Waals surface area (Å²) < 4.78 is 27.2. The Morgan fingerprint density at radius 3 is 2.39 bits per heavy atom. The molecule has 0 saturated heterocycles. The number of nitrogens with two attached hydrogens (primary N) is 1. The number of aromatic amines is 1. The molecule has 8 N–H and O–H groups in total. The molecule has 0 radical (unpaired) electrons. The van der Waals surface area contributed by atoms with Crippen molar-refractivity contribution in [3.63, 3.8) is 0 Å². The number of aromatic hydroxyl groups is 2. The van der Waals surface area contributed by atoms with Crippen molar-refractivity contribution in [2.45, 2.75) is 12.3 Å². The SMILES string of the molecule is CN(C)c1ccc(O)c(-c2c(O)c(-c3nc4ccc(C(=N)N)cc4[nH]3)cc(C(CC(=O)O)C(=O)O)c2N=S(=O)=O)c1. The van der Waals surface area contributed by atoms with Gasteiger partial charge in [0.05, 0.1) is 40.2 Å². The highest BCUT2D eigenvalue weighted by atomic mass is 32.2. The Balaban J connectivity index is 2.18. The lowest BCUT2D eigenvalue weighted by molar-refractivity contribution is -0.145. The number of amidine groups is 1. The molecule has 0 amide bonds. The number of H-pyrrole nitrogens is 1. The van der Waals surface area contributed by atoms with E-state index in [9.17, 15) is 38.4 Å². The summed E-state index contributed by atoms with van der Waals surface area (Å²) in [6.45, 7) is 0. The molecule has 41 heavy (non-hydrogen) atoms. The fourth-order valence-corrected chi connectivity index (χ4v) is 4.72. The largest absolute Gasteiger partial charge is 0.507 e. The number of hydrogen-bond acceptors (Lipinski definition) is 10. The van der Waals surface area contributed by atoms with Crippen molar-refractivity contribution in [1.82, 2.24) is 9.97 Å². The number of imidazole rings is 1. The number of carboxylic acid groups (broad SMARTS) is 2. The summed E-state index contributed by atoms with van der Waals surface area (Å²) in [6, 6.07) is 10.0. The van der Waals surface area contributed by atoms with Gasteiger partial charge in [-0.2, -0.15) is 8.42 Å². The van der Waals surface area contributed by atoms with Gasteiger partial charge in [0.25, 0.3) is 0 Å². The van der Waals surface area contributed by atoms with Gasteiger partial charge in [-0.25, -0.2) is 4.98 Å². The number of nitrogen functional groups attached to an aromatic ring is 1. The number of hydrogen-bond donors (Lipinski definition) is 7. The van der Waals surface area contributed by atoms with Crippen LogP contribution < -0.4 is 10.6 Å². The van der Waals surface area contributed by atoms with E-state index in [-0.39, 0.29) is 33.9 Å². The summed E-state index contributed by atoms with van der Waals surface area (Å²) in [5.74, 6) is -6.11. The van der Waals surface area contributed by atoms with Crippen LogP contribution in [0.3, 0.4) is 0 Å². The molecule has 3 aromatic carbocycles. The number of anilines is 1. The van der Waals surface area contributed by atoms with Crippen molar-refractivity contribution in [2.24, 2.45) is 10.1 Å². The topological polar surface area (TPSA) is 243 Å². The van der Waals surface area contributed by atoms with Crippen LogP contribution in [0.15, 0.2) is 46.8 Å². The average Bonchev–Trinajstić information content (AvgIpc) is 3.31. The first-order chi connectivity index (χ1) is 19.3. The molecule has 0 spiro atoms. The van der Waals surface area contributed by atoms with E-state index in [0.717, 1.165) is 6.07 Å². The Morgan fingerprint density at radius 1 is 1.10 bits per heavy atom. The highest BCUT2D eigenvalue weighted by Gasteiger charge is 2.32. The van der Waals surface area contributed by atoms with Gasteiger partial charge in [-0.1, -0.05) is 0 Å². The van der Waals surface area contributed by atoms with Gasteiger partial charge in [0.2, 0.25) is 0 Å². The van der Waals surface area contributed by atoms with Gasteiger partial charge in [0.1, 0.15) is 23.2 Å². The number of fused-ring (bicyclic) bond motifs is 1. The smallest absolute Gasteiger partial charge is 0.316 e. The lowest BCUT2D eigenvalue weighted by Crippen LogP contribution is -2.16. The van der Waals surface area contributed by atoms with E-state index in [1.54, 1.807) is 37.2 Å². The predicted molar refractivity (Wildman–Crippen MR) is 149 cm³/mol. The minimum atomic E-state index is -3.18. The molecule has 0 aliphatic rings. The van der Waals surface area contributed by atoms with Gasteiger partial charge in [-0.05, 0) is 48.0 Å². The highest BCUT2D eigenvalue weighted by molar-refractivity contribution is 7.61. The summed E-state index contributed by atoms with van der Waals surface area (Å²) in [6.07, 6.45) is -0.946. The first-order valence-electron chi connectivity index (χ1n) is 11.8. The van der Waals surface area contributed by atoms with Crippen molar-refractivity contribution < 1.29 is 38.4 Å². The third-order valence-electron chi connectivity index (χ3n) is 6.33. The number of nitrogens with one attached hydrogen (secondary N) is 2. The van der Waals surface area contributed by atoms with E-state index in [4.69, 9.17) is 11.1 Å². The third-order valence-corrected chi connectivity index (χ3v) is 6.67. The van der Waals surface area contributed by atoms with Crippen molar-refractivity contribution in [1.29, 1.82) is 5.41 Å². The molecule has 1 heterocycles. The molecule has 0 aliphatic heterocycles. The Morgan fingerprint density at radius 2 is 1.80 bits per heavy atom. The van der Waals surface area contributed by atoms with Gasteiger partial charge in [-0.3, -0.25) is 15.0 Å². The number of benzene rings is 3. The summed E-state index contributed by atoms with van der Waals surface area (Å²) in [5.41, 5.74) is 5.77. The second-order valence-corrected chi connectivity index (χ2v) is 9.83. The fraction of sp³-hybridized carbons (Fsp3) is 0.154. The zero-order chi connectivity index (χ0) is 30.2. The van der Waals surface area contributed by atoms with Crippen LogP contribution in [0.2, 0.25) is 0 Å². The molecular formula is C26H24N6O8S. The van der Waals surface area contributed by atoms with Crippen LogP contribution in [0, 0.1) is 5.41 Å². The average molecular weight is 581 g/mol. The van der Waals surface area contributed by atoms with Crippen molar-refractivity contribution in [3.05, 3.63) is 53.6 Å². The van der Waals surface area contributed by atoms with Crippen molar-refractivity contribution in [2.75, 3.05) is 19.0 Å². The molecule has 212 valence electrons. The molecule has 0 fully saturated rings. The normalized spacial score (nSPS) is 11.7. The summed E-state index contributed by atoms with van der Waals surface area (Å²) in [5, 5.41) is 49.5. The Labute approximate surface area is 233 Å². The van der Waals surface area contributed by atoms with E-state index in [1.165, 1.54) is 18.2 Å². The van der Waals surface area contributed by atoms with Crippen LogP contribution in [-0.2, 0) is 20.1 Å². The van der Waals surface area contributed by atoms with Gasteiger partial charge in [0.15, 0.2) is 0 Å². The zero-order valence-electron chi connectivity index (χ0n) is 21.6. The number of carbonyl (C=O) groups is 2. The number of aliphatic carboxylic acids is 2. The number of carboxylic acids is 2. The molecule has 14 nitrogen and oxygen atoms in total. The Hall–Kier alpha value is -5.44. The van der Waals surface area contributed by atoms with E-state index < -0.39 is 52.0 Å². The highest BCUT2D eigenvalue weighted by Crippen LogP contribution is 2.51. The predicted octanol–water partition coefficient (Wildman–Crippen LogP) is 3.00.